The van der Waals surface area contributed by atoms with Crippen LogP contribution in [0.2, 0.25) is 5.02 Å². The second kappa shape index (κ2) is 5.10. The molecule has 0 N–H and O–H groups in total. The zero-order valence-electron chi connectivity index (χ0n) is 11.2. The smallest absolute Gasteiger partial charge is 0.138 e. The lowest BCUT2D eigenvalue weighted by Gasteiger charge is -2.09. The summed E-state index contributed by atoms with van der Waals surface area (Å²) in [7, 11) is 1.61. The fourth-order valence-corrected chi connectivity index (χ4v) is 2.43. The quantitative estimate of drug-likeness (QED) is 0.705. The molecular weight excluding hydrogens is 272 g/mol. The van der Waals surface area contributed by atoms with Crippen LogP contribution < -0.4 is 4.74 Å². The summed E-state index contributed by atoms with van der Waals surface area (Å²) < 4.78 is 5.25. The maximum atomic E-state index is 6.17. The molecule has 3 aromatic rings. The van der Waals surface area contributed by atoms with E-state index in [1.807, 2.05) is 43.3 Å². The zero-order valence-corrected chi connectivity index (χ0v) is 12.0. The Hall–Kier alpha value is -2.13. The fourth-order valence-electron chi connectivity index (χ4n) is 2.20. The number of ether oxygens (including phenoxy) is 1. The van der Waals surface area contributed by atoms with Gasteiger partial charge in [0.2, 0.25) is 0 Å². The normalized spacial score (nSPS) is 10.8. The van der Waals surface area contributed by atoms with Gasteiger partial charge in [0.1, 0.15) is 5.75 Å². The lowest BCUT2D eigenvalue weighted by Crippen LogP contribution is -1.92. The average molecular weight is 285 g/mol. The first kappa shape index (κ1) is 12.9. The van der Waals surface area contributed by atoms with Crippen molar-refractivity contribution < 1.29 is 4.74 Å². The van der Waals surface area contributed by atoms with E-state index >= 15 is 0 Å². The molecule has 0 unspecified atom stereocenters. The fraction of sp³-hybridized carbons (Fsp3) is 0.125. The highest BCUT2D eigenvalue weighted by molar-refractivity contribution is 6.32. The first-order chi connectivity index (χ1) is 9.69. The highest BCUT2D eigenvalue weighted by atomic mass is 35.5. The summed E-state index contributed by atoms with van der Waals surface area (Å²) in [5.41, 5.74) is 3.66. The Morgan fingerprint density at radius 1 is 1.10 bits per heavy atom. The van der Waals surface area contributed by atoms with Gasteiger partial charge in [0, 0.05) is 11.6 Å². The molecule has 0 atom stereocenters. The molecule has 20 heavy (non-hydrogen) atoms. The van der Waals surface area contributed by atoms with E-state index in [9.17, 15) is 0 Å². The van der Waals surface area contributed by atoms with Gasteiger partial charge in [0.15, 0.2) is 0 Å². The van der Waals surface area contributed by atoms with Gasteiger partial charge in [-0.2, -0.15) is 0 Å². The summed E-state index contributed by atoms with van der Waals surface area (Å²) in [4.78, 5) is 8.97. The van der Waals surface area contributed by atoms with Crippen LogP contribution >= 0.6 is 11.6 Å². The van der Waals surface area contributed by atoms with E-state index in [4.69, 9.17) is 16.3 Å². The number of aromatic nitrogens is 2. The Morgan fingerprint density at radius 3 is 2.65 bits per heavy atom. The molecule has 0 aliphatic heterocycles. The van der Waals surface area contributed by atoms with E-state index < -0.39 is 0 Å². The predicted octanol–water partition coefficient (Wildman–Crippen LogP) is 4.27. The van der Waals surface area contributed by atoms with E-state index in [1.54, 1.807) is 13.3 Å². The van der Waals surface area contributed by atoms with E-state index in [-0.39, 0.29) is 0 Å². The zero-order chi connectivity index (χ0) is 14.1. The Bertz CT molecular complexity index is 772. The van der Waals surface area contributed by atoms with Crippen LogP contribution in [0.25, 0.3) is 22.3 Å². The third kappa shape index (κ3) is 2.21. The Labute approximate surface area is 122 Å². The number of pyridine rings is 2. The molecule has 4 heteroatoms. The van der Waals surface area contributed by atoms with E-state index in [0.29, 0.717) is 10.8 Å². The third-order valence-electron chi connectivity index (χ3n) is 3.22. The van der Waals surface area contributed by atoms with Crippen molar-refractivity contribution in [1.29, 1.82) is 0 Å². The van der Waals surface area contributed by atoms with Gasteiger partial charge in [-0.1, -0.05) is 17.7 Å². The molecule has 0 bridgehead atoms. The first-order valence-electron chi connectivity index (χ1n) is 6.25. The molecule has 3 nitrogen and oxygen atoms in total. The topological polar surface area (TPSA) is 35.0 Å². The summed E-state index contributed by atoms with van der Waals surface area (Å²) in [6, 6.07) is 11.6. The molecule has 0 saturated carbocycles. The Kier molecular flexibility index (Phi) is 3.28. The maximum absolute atomic E-state index is 6.17. The SMILES string of the molecule is COc1cc2c(C)cc(-c3ccccn3)nc2cc1Cl. The van der Waals surface area contributed by atoms with E-state index in [0.717, 1.165) is 27.9 Å². The van der Waals surface area contributed by atoms with Crippen LogP contribution in [0.3, 0.4) is 0 Å². The van der Waals surface area contributed by atoms with E-state index in [1.165, 1.54) is 0 Å². The number of nitrogens with zero attached hydrogens (tertiary/aromatic N) is 2. The van der Waals surface area contributed by atoms with Crippen LogP contribution in [0.1, 0.15) is 5.56 Å². The molecule has 2 heterocycles. The van der Waals surface area contributed by atoms with Gasteiger partial charge in [-0.25, -0.2) is 4.98 Å². The Morgan fingerprint density at radius 2 is 1.95 bits per heavy atom. The average Bonchev–Trinajstić information content (AvgIpc) is 2.47. The van der Waals surface area contributed by atoms with Crippen molar-refractivity contribution in [3.05, 3.63) is 53.2 Å². The van der Waals surface area contributed by atoms with Crippen LogP contribution in [0.4, 0.5) is 0 Å². The van der Waals surface area contributed by atoms with E-state index in [2.05, 4.69) is 9.97 Å². The van der Waals surface area contributed by atoms with Crippen molar-refractivity contribution in [2.75, 3.05) is 7.11 Å². The lowest BCUT2D eigenvalue weighted by atomic mass is 10.1. The van der Waals surface area contributed by atoms with Crippen molar-refractivity contribution in [2.24, 2.45) is 0 Å². The minimum absolute atomic E-state index is 0.560. The van der Waals surface area contributed by atoms with Crippen LogP contribution in [0, 0.1) is 6.92 Å². The van der Waals surface area contributed by atoms with Crippen molar-refractivity contribution >= 4 is 22.5 Å². The number of methoxy groups -OCH3 is 1. The van der Waals surface area contributed by atoms with Crippen LogP contribution in [-0.2, 0) is 0 Å². The van der Waals surface area contributed by atoms with Gasteiger partial charge in [-0.3, -0.25) is 4.98 Å². The molecule has 0 aliphatic rings. The second-order valence-electron chi connectivity index (χ2n) is 4.54. The summed E-state index contributed by atoms with van der Waals surface area (Å²) in [6.45, 7) is 2.05. The van der Waals surface area contributed by atoms with Crippen molar-refractivity contribution in [2.45, 2.75) is 6.92 Å². The number of fused-ring (bicyclic) bond motifs is 1. The summed E-state index contributed by atoms with van der Waals surface area (Å²) >= 11 is 6.17. The minimum atomic E-state index is 0.560. The first-order valence-corrected chi connectivity index (χ1v) is 6.63. The van der Waals surface area contributed by atoms with Crippen LogP contribution in [-0.4, -0.2) is 17.1 Å². The van der Waals surface area contributed by atoms with Crippen molar-refractivity contribution in [3.63, 3.8) is 0 Å². The maximum Gasteiger partial charge on any atom is 0.138 e. The number of benzene rings is 1. The molecule has 0 amide bonds. The van der Waals surface area contributed by atoms with Crippen LogP contribution in [0.5, 0.6) is 5.75 Å². The molecular formula is C16H13ClN2O. The second-order valence-corrected chi connectivity index (χ2v) is 4.95. The van der Waals surface area contributed by atoms with Gasteiger partial charge < -0.3 is 4.74 Å². The molecule has 0 spiro atoms. The standard InChI is InChI=1S/C16H13ClN2O/c1-10-7-15(13-5-3-4-6-18-13)19-14-9-12(17)16(20-2)8-11(10)14/h3-9H,1-2H3. The molecule has 3 rings (SSSR count). The van der Waals surface area contributed by atoms with Crippen LogP contribution in [0.15, 0.2) is 42.6 Å². The molecule has 0 fully saturated rings. The number of aryl methyl sites for hydroxylation is 1. The van der Waals surface area contributed by atoms with Gasteiger partial charge >= 0.3 is 0 Å². The Balaban J connectivity index is 2.24. The summed E-state index contributed by atoms with van der Waals surface area (Å²) in [5.74, 6) is 0.662. The molecule has 100 valence electrons. The minimum Gasteiger partial charge on any atom is -0.495 e. The van der Waals surface area contributed by atoms with Gasteiger partial charge in [0.05, 0.1) is 29.0 Å². The van der Waals surface area contributed by atoms with Gasteiger partial charge in [0.25, 0.3) is 0 Å². The third-order valence-corrected chi connectivity index (χ3v) is 3.51. The summed E-state index contributed by atoms with van der Waals surface area (Å²) in [5, 5.41) is 1.59. The highest BCUT2D eigenvalue weighted by Crippen LogP contribution is 2.32. The molecule has 0 aliphatic carbocycles. The molecule has 2 aromatic heterocycles. The predicted molar refractivity (Wildman–Crippen MR) is 81.3 cm³/mol. The number of halogens is 1. The van der Waals surface area contributed by atoms with Gasteiger partial charge in [-0.05, 0) is 42.8 Å². The van der Waals surface area contributed by atoms with Crippen molar-refractivity contribution in [3.8, 4) is 17.1 Å². The lowest BCUT2D eigenvalue weighted by molar-refractivity contribution is 0.415. The number of hydrogen-bond donors (Lipinski definition) is 0. The highest BCUT2D eigenvalue weighted by Gasteiger charge is 2.09. The summed E-state index contributed by atoms with van der Waals surface area (Å²) in [6.07, 6.45) is 1.76. The largest absolute Gasteiger partial charge is 0.495 e. The monoisotopic (exact) mass is 284 g/mol. The van der Waals surface area contributed by atoms with Crippen molar-refractivity contribution in [1.82, 2.24) is 9.97 Å². The number of hydrogen-bond acceptors (Lipinski definition) is 3. The number of rotatable bonds is 2. The molecule has 0 saturated heterocycles. The molecule has 0 radical (unpaired) electrons. The molecule has 1 aromatic carbocycles. The van der Waals surface area contributed by atoms with Gasteiger partial charge in [-0.15, -0.1) is 0 Å².